The SMILES string of the molecule is CCN(CCN)Cc1ccc(F)c(C)c1. The Balaban J connectivity index is 2.66. The first kappa shape index (κ1) is 12.1. The topological polar surface area (TPSA) is 29.3 Å². The molecule has 0 aromatic heterocycles. The zero-order valence-electron chi connectivity index (χ0n) is 9.46. The fraction of sp³-hybridized carbons (Fsp3) is 0.500. The Hall–Kier alpha value is -0.930. The van der Waals surface area contributed by atoms with Crippen molar-refractivity contribution in [2.24, 2.45) is 5.73 Å². The van der Waals surface area contributed by atoms with Crippen molar-refractivity contribution in [3.8, 4) is 0 Å². The fourth-order valence-corrected chi connectivity index (χ4v) is 1.59. The second kappa shape index (κ2) is 5.83. The maximum atomic E-state index is 13.0. The van der Waals surface area contributed by atoms with E-state index in [0.717, 1.165) is 25.2 Å². The van der Waals surface area contributed by atoms with Crippen LogP contribution >= 0.6 is 0 Å². The first-order chi connectivity index (χ1) is 7.17. The van der Waals surface area contributed by atoms with E-state index in [9.17, 15) is 4.39 Å². The molecule has 0 atom stereocenters. The Labute approximate surface area is 90.9 Å². The highest BCUT2D eigenvalue weighted by Gasteiger charge is 2.04. The number of halogens is 1. The van der Waals surface area contributed by atoms with Crippen molar-refractivity contribution in [2.45, 2.75) is 20.4 Å². The number of hydrogen-bond donors (Lipinski definition) is 1. The Morgan fingerprint density at radius 1 is 1.40 bits per heavy atom. The molecule has 0 aliphatic rings. The number of benzene rings is 1. The third-order valence-electron chi connectivity index (χ3n) is 2.52. The van der Waals surface area contributed by atoms with E-state index in [2.05, 4.69) is 11.8 Å². The monoisotopic (exact) mass is 210 g/mol. The van der Waals surface area contributed by atoms with Gasteiger partial charge in [-0.1, -0.05) is 19.1 Å². The fourth-order valence-electron chi connectivity index (χ4n) is 1.59. The molecule has 84 valence electrons. The molecule has 1 rings (SSSR count). The molecule has 15 heavy (non-hydrogen) atoms. The summed E-state index contributed by atoms with van der Waals surface area (Å²) in [5.74, 6) is -0.138. The number of aryl methyl sites for hydroxylation is 1. The summed E-state index contributed by atoms with van der Waals surface area (Å²) in [6.07, 6.45) is 0. The summed E-state index contributed by atoms with van der Waals surface area (Å²) in [4.78, 5) is 2.24. The predicted molar refractivity (Wildman–Crippen MR) is 61.1 cm³/mol. The molecule has 0 unspecified atom stereocenters. The molecule has 0 spiro atoms. The van der Waals surface area contributed by atoms with E-state index in [0.29, 0.717) is 12.1 Å². The van der Waals surface area contributed by atoms with Gasteiger partial charge in [-0.05, 0) is 30.7 Å². The second-order valence-corrected chi connectivity index (χ2v) is 3.74. The molecule has 0 amide bonds. The molecule has 1 aromatic rings. The van der Waals surface area contributed by atoms with E-state index in [-0.39, 0.29) is 5.82 Å². The van der Waals surface area contributed by atoms with Gasteiger partial charge in [-0.2, -0.15) is 0 Å². The van der Waals surface area contributed by atoms with Crippen LogP contribution in [0.4, 0.5) is 4.39 Å². The summed E-state index contributed by atoms with van der Waals surface area (Å²) in [5, 5.41) is 0. The average molecular weight is 210 g/mol. The first-order valence-electron chi connectivity index (χ1n) is 5.34. The lowest BCUT2D eigenvalue weighted by atomic mass is 10.1. The van der Waals surface area contributed by atoms with Crippen molar-refractivity contribution in [2.75, 3.05) is 19.6 Å². The number of hydrogen-bond acceptors (Lipinski definition) is 2. The lowest BCUT2D eigenvalue weighted by molar-refractivity contribution is 0.288. The highest BCUT2D eigenvalue weighted by Crippen LogP contribution is 2.11. The molecule has 3 heteroatoms. The molecule has 1 aromatic carbocycles. The van der Waals surface area contributed by atoms with Crippen LogP contribution in [0.15, 0.2) is 18.2 Å². The van der Waals surface area contributed by atoms with Gasteiger partial charge in [0.25, 0.3) is 0 Å². The number of nitrogens with two attached hydrogens (primary N) is 1. The maximum Gasteiger partial charge on any atom is 0.126 e. The van der Waals surface area contributed by atoms with E-state index in [1.54, 1.807) is 6.92 Å². The molecular weight excluding hydrogens is 191 g/mol. The summed E-state index contributed by atoms with van der Waals surface area (Å²) in [5.41, 5.74) is 7.36. The van der Waals surface area contributed by atoms with Gasteiger partial charge in [-0.15, -0.1) is 0 Å². The highest BCUT2D eigenvalue weighted by molar-refractivity contribution is 5.23. The minimum atomic E-state index is -0.138. The van der Waals surface area contributed by atoms with Gasteiger partial charge in [-0.25, -0.2) is 4.39 Å². The average Bonchev–Trinajstić information content (AvgIpc) is 2.23. The summed E-state index contributed by atoms with van der Waals surface area (Å²) >= 11 is 0. The molecule has 0 heterocycles. The summed E-state index contributed by atoms with van der Waals surface area (Å²) < 4.78 is 13.0. The van der Waals surface area contributed by atoms with Crippen molar-refractivity contribution in [1.82, 2.24) is 4.90 Å². The minimum absolute atomic E-state index is 0.138. The third kappa shape index (κ3) is 3.61. The molecule has 0 saturated heterocycles. The maximum absolute atomic E-state index is 13.0. The molecule has 2 nitrogen and oxygen atoms in total. The number of rotatable bonds is 5. The molecule has 0 bridgehead atoms. The summed E-state index contributed by atoms with van der Waals surface area (Å²) in [6.45, 7) is 7.24. The van der Waals surface area contributed by atoms with Gasteiger partial charge in [0, 0.05) is 19.6 Å². The van der Waals surface area contributed by atoms with Crippen LogP contribution in [0.5, 0.6) is 0 Å². The molecule has 0 aliphatic carbocycles. The van der Waals surface area contributed by atoms with Crippen LogP contribution in [-0.4, -0.2) is 24.5 Å². The lowest BCUT2D eigenvalue weighted by Crippen LogP contribution is -2.28. The Morgan fingerprint density at radius 2 is 2.13 bits per heavy atom. The van der Waals surface area contributed by atoms with E-state index in [1.165, 1.54) is 6.07 Å². The highest BCUT2D eigenvalue weighted by atomic mass is 19.1. The van der Waals surface area contributed by atoms with Gasteiger partial charge in [0.2, 0.25) is 0 Å². The van der Waals surface area contributed by atoms with E-state index in [4.69, 9.17) is 5.73 Å². The zero-order valence-corrected chi connectivity index (χ0v) is 9.46. The van der Waals surface area contributed by atoms with Gasteiger partial charge in [0.05, 0.1) is 0 Å². The van der Waals surface area contributed by atoms with Crippen molar-refractivity contribution < 1.29 is 4.39 Å². The zero-order chi connectivity index (χ0) is 11.3. The largest absolute Gasteiger partial charge is 0.329 e. The molecule has 0 radical (unpaired) electrons. The summed E-state index contributed by atoms with van der Waals surface area (Å²) in [6, 6.07) is 5.26. The van der Waals surface area contributed by atoms with Crippen LogP contribution < -0.4 is 5.73 Å². The first-order valence-corrected chi connectivity index (χ1v) is 5.34. The van der Waals surface area contributed by atoms with Crippen molar-refractivity contribution in [1.29, 1.82) is 0 Å². The molecule has 0 aliphatic heterocycles. The summed E-state index contributed by atoms with van der Waals surface area (Å²) in [7, 11) is 0. The standard InChI is InChI=1S/C12H19FN2/c1-3-15(7-6-14)9-11-4-5-12(13)10(2)8-11/h4-5,8H,3,6-7,9,14H2,1-2H3. The van der Waals surface area contributed by atoms with E-state index < -0.39 is 0 Å². The minimum Gasteiger partial charge on any atom is -0.329 e. The van der Waals surface area contributed by atoms with Crippen LogP contribution in [0.2, 0.25) is 0 Å². The predicted octanol–water partition coefficient (Wildman–Crippen LogP) is 1.91. The second-order valence-electron chi connectivity index (χ2n) is 3.74. The molecular formula is C12H19FN2. The Bertz CT molecular complexity index is 312. The van der Waals surface area contributed by atoms with Crippen molar-refractivity contribution in [3.05, 3.63) is 35.1 Å². The Morgan fingerprint density at radius 3 is 2.67 bits per heavy atom. The Kier molecular flexibility index (Phi) is 4.72. The van der Waals surface area contributed by atoms with Crippen LogP contribution in [0.3, 0.4) is 0 Å². The molecule has 2 N–H and O–H groups in total. The smallest absolute Gasteiger partial charge is 0.126 e. The van der Waals surface area contributed by atoms with Crippen LogP contribution in [0, 0.1) is 12.7 Å². The normalized spacial score (nSPS) is 11.0. The van der Waals surface area contributed by atoms with Gasteiger partial charge in [-0.3, -0.25) is 4.90 Å². The van der Waals surface area contributed by atoms with Crippen LogP contribution in [0.1, 0.15) is 18.1 Å². The lowest BCUT2D eigenvalue weighted by Gasteiger charge is -2.19. The molecule has 0 fully saturated rings. The number of nitrogens with zero attached hydrogens (tertiary/aromatic N) is 1. The van der Waals surface area contributed by atoms with Gasteiger partial charge in [0.15, 0.2) is 0 Å². The van der Waals surface area contributed by atoms with Gasteiger partial charge in [0.1, 0.15) is 5.82 Å². The van der Waals surface area contributed by atoms with Crippen molar-refractivity contribution >= 4 is 0 Å². The van der Waals surface area contributed by atoms with Crippen LogP contribution in [-0.2, 0) is 6.54 Å². The van der Waals surface area contributed by atoms with Crippen molar-refractivity contribution in [3.63, 3.8) is 0 Å². The number of likely N-dealkylation sites (N-methyl/N-ethyl adjacent to an activating group) is 1. The van der Waals surface area contributed by atoms with Gasteiger partial charge >= 0.3 is 0 Å². The quantitative estimate of drug-likeness (QED) is 0.804. The van der Waals surface area contributed by atoms with Gasteiger partial charge < -0.3 is 5.73 Å². The van der Waals surface area contributed by atoms with E-state index >= 15 is 0 Å². The van der Waals surface area contributed by atoms with E-state index in [1.807, 2.05) is 12.1 Å². The molecule has 0 saturated carbocycles. The van der Waals surface area contributed by atoms with Crippen LogP contribution in [0.25, 0.3) is 0 Å². The third-order valence-corrected chi connectivity index (χ3v) is 2.52.